The summed E-state index contributed by atoms with van der Waals surface area (Å²) < 4.78 is 17.6. The molecule has 0 saturated carbocycles. The first-order chi connectivity index (χ1) is 31.0. The van der Waals surface area contributed by atoms with Crippen molar-refractivity contribution in [2.45, 2.75) is 163 Å². The van der Waals surface area contributed by atoms with Crippen LogP contribution in [0.4, 0.5) is 10.5 Å². The zero-order chi connectivity index (χ0) is 49.7. The summed E-state index contributed by atoms with van der Waals surface area (Å²) in [5.74, 6) is -2.41. The van der Waals surface area contributed by atoms with Crippen LogP contribution in [0.3, 0.4) is 0 Å². The molecule has 2 aliphatic rings. The van der Waals surface area contributed by atoms with Crippen molar-refractivity contribution in [1.82, 2.24) is 25.3 Å². The number of aliphatic hydroxyl groups is 1. The third kappa shape index (κ3) is 14.0. The van der Waals surface area contributed by atoms with E-state index < -0.39 is 60.4 Å². The van der Waals surface area contributed by atoms with Crippen LogP contribution in [0, 0.1) is 35.5 Å². The Labute approximate surface area is 395 Å². The fourth-order valence-electron chi connectivity index (χ4n) is 9.87. The second kappa shape index (κ2) is 25.6. The lowest BCUT2D eigenvalue weighted by Gasteiger charge is -2.41. The molecule has 0 spiro atoms. The van der Waals surface area contributed by atoms with Gasteiger partial charge in [0, 0.05) is 46.5 Å². The summed E-state index contributed by atoms with van der Waals surface area (Å²) in [6.45, 7) is 21.7. The van der Waals surface area contributed by atoms with E-state index in [9.17, 15) is 29.1 Å². The molecule has 1 aliphatic heterocycles. The molecule has 1 aromatic rings. The Balaban J connectivity index is 1.75. The number of carbonyl (C=O) groups excluding carboxylic acids is 5. The molecule has 1 aliphatic carbocycles. The molecule has 372 valence electrons. The number of nitrogen functional groups attached to an aromatic ring is 1. The Morgan fingerprint density at radius 1 is 0.879 bits per heavy atom. The first kappa shape index (κ1) is 55.9. The lowest BCUT2D eigenvalue weighted by atomic mass is 9.79. The maximum Gasteiger partial charge on any atom is 0.410 e. The van der Waals surface area contributed by atoms with Crippen LogP contribution in [0.15, 0.2) is 47.6 Å². The van der Waals surface area contributed by atoms with Crippen LogP contribution >= 0.6 is 0 Å². The van der Waals surface area contributed by atoms with Crippen LogP contribution in [-0.2, 0) is 40.0 Å². The monoisotopic (exact) mass is 925 g/mol. The van der Waals surface area contributed by atoms with Gasteiger partial charge < -0.3 is 45.5 Å². The van der Waals surface area contributed by atoms with Gasteiger partial charge in [-0.3, -0.25) is 24.1 Å². The number of methoxy groups -OCH3 is 2. The summed E-state index contributed by atoms with van der Waals surface area (Å²) in [6.07, 6.45) is 4.37. The highest BCUT2D eigenvalue weighted by atomic mass is 16.6. The van der Waals surface area contributed by atoms with Crippen molar-refractivity contribution in [1.29, 1.82) is 0 Å². The molecule has 15 heteroatoms. The number of carbonyl (C=O) groups is 5. The number of nitrogens with two attached hydrogens (primary N) is 1. The molecule has 0 bridgehead atoms. The van der Waals surface area contributed by atoms with Crippen molar-refractivity contribution in [2.24, 2.45) is 35.5 Å². The standard InChI is InChI=1S/C51H84N6O9/c1-16-32(8)45(55(12)50(62)43(29(3)4)54-49(61)44(30(5)6)56(13)51(63)66-28-36-20-22-38(52)23-21-36)41(64-14)27-42(58)57-24-18-19-40(57)47(65-15)34(10)48(60)53-35(11)46(59)39-26-31(7)25-37(17-2)33(39)9/h20-23,25-26,29-35,40-41,43-47,59H,16-19,24,27-28,52H2,1-15H3,(H,53,60)(H,54,61)/t31?,32-,33?,34+,35+,40-,41+,43-,44-,45-,46+,47+/m0/s1. The summed E-state index contributed by atoms with van der Waals surface area (Å²) in [5.41, 5.74) is 9.30. The minimum atomic E-state index is -0.957. The number of hydrogen-bond donors (Lipinski definition) is 4. The van der Waals surface area contributed by atoms with Gasteiger partial charge in [-0.1, -0.05) is 106 Å². The van der Waals surface area contributed by atoms with Gasteiger partial charge in [0.2, 0.25) is 23.6 Å². The highest BCUT2D eigenvalue weighted by molar-refractivity contribution is 5.92. The Morgan fingerprint density at radius 3 is 2.06 bits per heavy atom. The second-order valence-electron chi connectivity index (χ2n) is 19.5. The van der Waals surface area contributed by atoms with Gasteiger partial charge >= 0.3 is 6.09 Å². The molecule has 3 rings (SSSR count). The molecule has 5 N–H and O–H groups in total. The Kier molecular flexibility index (Phi) is 21.7. The van der Waals surface area contributed by atoms with Crippen molar-refractivity contribution in [3.63, 3.8) is 0 Å². The van der Waals surface area contributed by atoms with Gasteiger partial charge in [-0.15, -0.1) is 0 Å². The predicted octanol–water partition coefficient (Wildman–Crippen LogP) is 6.34. The number of benzene rings is 1. The van der Waals surface area contributed by atoms with Gasteiger partial charge in [0.25, 0.3) is 0 Å². The summed E-state index contributed by atoms with van der Waals surface area (Å²) >= 11 is 0. The van der Waals surface area contributed by atoms with Crippen LogP contribution in [0.5, 0.6) is 0 Å². The number of ether oxygens (including phenoxy) is 3. The molecule has 12 atom stereocenters. The van der Waals surface area contributed by atoms with E-state index in [-0.39, 0.29) is 66.4 Å². The largest absolute Gasteiger partial charge is 0.445 e. The predicted molar refractivity (Wildman–Crippen MR) is 259 cm³/mol. The number of hydrogen-bond acceptors (Lipinski definition) is 10. The number of nitrogens with one attached hydrogen (secondary N) is 2. The van der Waals surface area contributed by atoms with Crippen LogP contribution < -0.4 is 16.4 Å². The third-order valence-electron chi connectivity index (χ3n) is 14.0. The van der Waals surface area contributed by atoms with Crippen LogP contribution in [0.2, 0.25) is 0 Å². The van der Waals surface area contributed by atoms with Gasteiger partial charge in [0.05, 0.1) is 48.8 Å². The lowest BCUT2D eigenvalue weighted by Crippen LogP contribution is -2.60. The van der Waals surface area contributed by atoms with Gasteiger partial charge in [0.15, 0.2) is 0 Å². The van der Waals surface area contributed by atoms with Gasteiger partial charge in [-0.05, 0) is 73.1 Å². The van der Waals surface area contributed by atoms with E-state index in [1.807, 2.05) is 48.5 Å². The number of rotatable bonds is 23. The molecule has 5 amide bonds. The minimum absolute atomic E-state index is 0.00314. The van der Waals surface area contributed by atoms with Crippen molar-refractivity contribution < 1.29 is 43.3 Å². The van der Waals surface area contributed by atoms with Gasteiger partial charge in [0.1, 0.15) is 18.7 Å². The number of likely N-dealkylation sites (N-methyl/N-ethyl adjacent to an activating group) is 2. The van der Waals surface area contributed by atoms with Crippen molar-refractivity contribution in [3.05, 3.63) is 53.1 Å². The van der Waals surface area contributed by atoms with Crippen LogP contribution in [-0.4, -0.2) is 133 Å². The van der Waals surface area contributed by atoms with E-state index in [4.69, 9.17) is 19.9 Å². The number of anilines is 1. The molecule has 15 nitrogen and oxygen atoms in total. The summed E-state index contributed by atoms with van der Waals surface area (Å²) in [7, 11) is 6.28. The van der Waals surface area contributed by atoms with Crippen LogP contribution in [0.1, 0.15) is 114 Å². The lowest BCUT2D eigenvalue weighted by molar-refractivity contribution is -0.148. The number of nitrogens with zero attached hydrogens (tertiary/aromatic N) is 3. The van der Waals surface area contributed by atoms with E-state index in [2.05, 4.69) is 43.6 Å². The zero-order valence-corrected chi connectivity index (χ0v) is 42.6. The van der Waals surface area contributed by atoms with Crippen molar-refractivity contribution >= 4 is 35.4 Å². The fourth-order valence-corrected chi connectivity index (χ4v) is 9.87. The molecular weight excluding hydrogens is 841 g/mol. The Bertz CT molecular complexity index is 1830. The SMILES string of the molecule is CCC1=CC(C)C=C([C@H](O)[C@@H](C)NC(=O)[C@H](C)[C@@H](OC)[C@@H]2CCCN2C(=O)C[C@@H](OC)[C@H]([C@@H](C)CC)N(C)C(=O)[C@@H](NC(=O)[C@H](C(C)C)N(C)C(=O)OCc2ccc(N)cc2)C(C)C)C1C. The average molecular weight is 925 g/mol. The maximum absolute atomic E-state index is 14.6. The summed E-state index contributed by atoms with van der Waals surface area (Å²) in [4.78, 5) is 74.7. The number of allylic oxidation sites excluding steroid dienone is 3. The van der Waals surface area contributed by atoms with E-state index in [0.29, 0.717) is 25.1 Å². The quantitative estimate of drug-likeness (QED) is 0.0712. The van der Waals surface area contributed by atoms with Gasteiger partial charge in [-0.25, -0.2) is 4.79 Å². The first-order valence-electron chi connectivity index (χ1n) is 24.1. The molecule has 1 fully saturated rings. The summed E-state index contributed by atoms with van der Waals surface area (Å²) in [6, 6.07) is 3.57. The molecular formula is C51H84N6O9. The van der Waals surface area contributed by atoms with Crippen LogP contribution in [0.25, 0.3) is 0 Å². The fraction of sp³-hybridized carbons (Fsp3) is 0.706. The Hall–Kier alpha value is -4.47. The highest BCUT2D eigenvalue weighted by Gasteiger charge is 2.44. The number of aliphatic hydroxyl groups excluding tert-OH is 1. The van der Waals surface area contributed by atoms with E-state index in [0.717, 1.165) is 24.0 Å². The van der Waals surface area contributed by atoms with E-state index in [1.54, 1.807) is 55.1 Å². The Morgan fingerprint density at radius 2 is 1.52 bits per heavy atom. The molecule has 66 heavy (non-hydrogen) atoms. The molecule has 1 heterocycles. The molecule has 1 saturated heterocycles. The third-order valence-corrected chi connectivity index (χ3v) is 14.0. The molecule has 2 unspecified atom stereocenters. The van der Waals surface area contributed by atoms with Gasteiger partial charge in [-0.2, -0.15) is 0 Å². The van der Waals surface area contributed by atoms with Crippen molar-refractivity contribution in [2.75, 3.05) is 40.6 Å². The molecule has 0 radical (unpaired) electrons. The maximum atomic E-state index is 14.6. The molecule has 0 aromatic heterocycles. The van der Waals surface area contributed by atoms with E-state index >= 15 is 0 Å². The van der Waals surface area contributed by atoms with Crippen molar-refractivity contribution in [3.8, 4) is 0 Å². The summed E-state index contributed by atoms with van der Waals surface area (Å²) in [5, 5.41) is 17.4. The minimum Gasteiger partial charge on any atom is -0.445 e. The van der Waals surface area contributed by atoms with E-state index in [1.165, 1.54) is 24.6 Å². The zero-order valence-electron chi connectivity index (χ0n) is 42.6. The molecule has 1 aromatic carbocycles. The number of amides is 5. The topological polar surface area (TPSA) is 193 Å². The highest BCUT2D eigenvalue weighted by Crippen LogP contribution is 2.34. The number of likely N-dealkylation sites (tertiary alicyclic amines) is 1. The second-order valence-corrected chi connectivity index (χ2v) is 19.5. The normalized spacial score (nSPS) is 21.6. The average Bonchev–Trinajstić information content (AvgIpc) is 3.77. The smallest absolute Gasteiger partial charge is 0.410 e. The first-order valence-corrected chi connectivity index (χ1v) is 24.1.